The van der Waals surface area contributed by atoms with Crippen molar-refractivity contribution in [1.82, 2.24) is 4.90 Å². The molecule has 0 aromatic heterocycles. The van der Waals surface area contributed by atoms with Crippen molar-refractivity contribution >= 4 is 40.6 Å². The molecule has 7 heteroatoms. The number of thioether (sulfide) groups is 1. The van der Waals surface area contributed by atoms with Crippen LogP contribution in [0, 0.1) is 0 Å². The third-order valence-electron chi connectivity index (χ3n) is 3.46. The second kappa shape index (κ2) is 6.59. The number of benzene rings is 2. The molecule has 1 aliphatic rings. The van der Waals surface area contributed by atoms with E-state index in [0.717, 1.165) is 16.7 Å². The lowest BCUT2D eigenvalue weighted by Gasteiger charge is -2.13. The fraction of sp³-hybridized carbons (Fsp3) is 0.0588. The summed E-state index contributed by atoms with van der Waals surface area (Å²) in [5.74, 6) is -0.707. The lowest BCUT2D eigenvalue weighted by molar-refractivity contribution is -0.123. The van der Waals surface area contributed by atoms with E-state index in [9.17, 15) is 19.8 Å². The molecule has 0 aliphatic carbocycles. The summed E-state index contributed by atoms with van der Waals surface area (Å²) in [6.45, 7) is 0.0865. The van der Waals surface area contributed by atoms with Crippen LogP contribution in [0.1, 0.15) is 11.1 Å². The van der Waals surface area contributed by atoms with Gasteiger partial charge in [0.25, 0.3) is 11.1 Å². The summed E-state index contributed by atoms with van der Waals surface area (Å²) in [6, 6.07) is 11.0. The maximum atomic E-state index is 12.5. The zero-order chi connectivity index (χ0) is 17.3. The molecule has 5 nitrogen and oxygen atoms in total. The van der Waals surface area contributed by atoms with Crippen LogP contribution in [0.25, 0.3) is 6.08 Å². The van der Waals surface area contributed by atoms with Gasteiger partial charge >= 0.3 is 0 Å². The molecular formula is C17H12ClNO4S. The van der Waals surface area contributed by atoms with Gasteiger partial charge in [0.15, 0.2) is 0 Å². The first kappa shape index (κ1) is 16.4. The van der Waals surface area contributed by atoms with Gasteiger partial charge in [0, 0.05) is 16.7 Å². The molecule has 0 radical (unpaired) electrons. The van der Waals surface area contributed by atoms with Crippen LogP contribution in [0.4, 0.5) is 4.79 Å². The second-order valence-corrected chi connectivity index (χ2v) is 6.50. The van der Waals surface area contributed by atoms with Crippen LogP contribution in [-0.2, 0) is 11.3 Å². The molecule has 1 aliphatic heterocycles. The number of nitrogens with zero attached hydrogens (tertiary/aromatic N) is 1. The number of amides is 2. The molecule has 0 bridgehead atoms. The van der Waals surface area contributed by atoms with E-state index in [1.54, 1.807) is 24.3 Å². The number of aromatic hydroxyl groups is 2. The molecule has 2 aromatic carbocycles. The summed E-state index contributed by atoms with van der Waals surface area (Å²) in [5.41, 5.74) is 1.02. The van der Waals surface area contributed by atoms with Crippen molar-refractivity contribution in [3.05, 3.63) is 63.5 Å². The SMILES string of the molecule is O=C1S/C(=C\c2ccc(O)cc2O)C(=O)N1Cc1ccccc1Cl. The summed E-state index contributed by atoms with van der Waals surface area (Å²) in [7, 11) is 0. The molecule has 3 rings (SSSR count). The molecule has 0 spiro atoms. The standard InChI is InChI=1S/C17H12ClNO4S/c18-13-4-2-1-3-11(13)9-19-16(22)15(24-17(19)23)7-10-5-6-12(20)8-14(10)21/h1-8,20-21H,9H2/b15-7-. The summed E-state index contributed by atoms with van der Waals surface area (Å²) >= 11 is 6.87. The Balaban J connectivity index is 1.86. The lowest BCUT2D eigenvalue weighted by atomic mass is 10.1. The average Bonchev–Trinajstić information content (AvgIpc) is 2.79. The van der Waals surface area contributed by atoms with E-state index < -0.39 is 11.1 Å². The van der Waals surface area contributed by atoms with Gasteiger partial charge in [0.2, 0.25) is 0 Å². The highest BCUT2D eigenvalue weighted by Gasteiger charge is 2.35. The van der Waals surface area contributed by atoms with Crippen LogP contribution < -0.4 is 0 Å². The number of carbonyl (C=O) groups excluding carboxylic acids is 2. The molecule has 2 aromatic rings. The van der Waals surface area contributed by atoms with Crippen molar-refractivity contribution in [3.63, 3.8) is 0 Å². The van der Waals surface area contributed by atoms with E-state index in [1.165, 1.54) is 24.3 Å². The monoisotopic (exact) mass is 361 g/mol. The second-order valence-electron chi connectivity index (χ2n) is 5.10. The van der Waals surface area contributed by atoms with Crippen LogP contribution in [0.15, 0.2) is 47.4 Å². The summed E-state index contributed by atoms with van der Waals surface area (Å²) < 4.78 is 0. The van der Waals surface area contributed by atoms with Crippen LogP contribution in [-0.4, -0.2) is 26.3 Å². The predicted octanol–water partition coefficient (Wildman–Crippen LogP) is 3.99. The van der Waals surface area contributed by atoms with E-state index in [4.69, 9.17) is 11.6 Å². The average molecular weight is 362 g/mol. The smallest absolute Gasteiger partial charge is 0.293 e. The minimum absolute atomic E-state index is 0.0865. The number of phenols is 2. The van der Waals surface area contributed by atoms with Gasteiger partial charge in [-0.05, 0) is 41.6 Å². The van der Waals surface area contributed by atoms with Crippen molar-refractivity contribution in [2.75, 3.05) is 0 Å². The molecule has 1 fully saturated rings. The molecule has 0 atom stereocenters. The first-order chi connectivity index (χ1) is 11.5. The zero-order valence-corrected chi connectivity index (χ0v) is 13.8. The maximum Gasteiger partial charge on any atom is 0.293 e. The van der Waals surface area contributed by atoms with Gasteiger partial charge in [-0.3, -0.25) is 14.5 Å². The maximum absolute atomic E-state index is 12.5. The van der Waals surface area contributed by atoms with Gasteiger partial charge in [-0.1, -0.05) is 29.8 Å². The Morgan fingerprint density at radius 2 is 1.88 bits per heavy atom. The molecule has 1 heterocycles. The van der Waals surface area contributed by atoms with Crippen molar-refractivity contribution in [2.45, 2.75) is 6.54 Å². The Kier molecular flexibility index (Phi) is 4.51. The Bertz CT molecular complexity index is 865. The molecule has 0 unspecified atom stereocenters. The minimum atomic E-state index is -0.447. The van der Waals surface area contributed by atoms with Crippen LogP contribution in [0.2, 0.25) is 5.02 Å². The van der Waals surface area contributed by atoms with Gasteiger partial charge < -0.3 is 10.2 Å². The van der Waals surface area contributed by atoms with E-state index in [-0.39, 0.29) is 22.9 Å². The molecule has 1 saturated heterocycles. The van der Waals surface area contributed by atoms with Gasteiger partial charge in [-0.15, -0.1) is 0 Å². The van der Waals surface area contributed by atoms with E-state index in [1.807, 2.05) is 0 Å². The highest BCUT2D eigenvalue weighted by molar-refractivity contribution is 8.18. The number of rotatable bonds is 3. The van der Waals surface area contributed by atoms with Crippen molar-refractivity contribution in [1.29, 1.82) is 0 Å². The highest BCUT2D eigenvalue weighted by Crippen LogP contribution is 2.35. The van der Waals surface area contributed by atoms with Crippen LogP contribution >= 0.6 is 23.4 Å². The first-order valence-electron chi connectivity index (χ1n) is 6.96. The normalized spacial score (nSPS) is 16.2. The molecular weight excluding hydrogens is 350 g/mol. The third kappa shape index (κ3) is 3.25. The fourth-order valence-corrected chi connectivity index (χ4v) is 3.25. The molecule has 2 amide bonds. The number of halogens is 1. The van der Waals surface area contributed by atoms with Gasteiger partial charge in [0.05, 0.1) is 11.4 Å². The van der Waals surface area contributed by atoms with Crippen molar-refractivity contribution in [3.8, 4) is 11.5 Å². The first-order valence-corrected chi connectivity index (χ1v) is 8.16. The highest BCUT2D eigenvalue weighted by atomic mass is 35.5. The summed E-state index contributed by atoms with van der Waals surface area (Å²) in [6.07, 6.45) is 1.42. The Morgan fingerprint density at radius 3 is 2.58 bits per heavy atom. The molecule has 122 valence electrons. The van der Waals surface area contributed by atoms with E-state index in [0.29, 0.717) is 16.1 Å². The van der Waals surface area contributed by atoms with E-state index in [2.05, 4.69) is 0 Å². The number of hydrogen-bond acceptors (Lipinski definition) is 5. The summed E-state index contributed by atoms with van der Waals surface area (Å²) in [5, 5.41) is 19.2. The minimum Gasteiger partial charge on any atom is -0.508 e. The zero-order valence-electron chi connectivity index (χ0n) is 12.3. The van der Waals surface area contributed by atoms with Gasteiger partial charge in [-0.25, -0.2) is 0 Å². The Labute approximate surface area is 147 Å². The lowest BCUT2D eigenvalue weighted by Crippen LogP contribution is -2.27. The largest absolute Gasteiger partial charge is 0.508 e. The van der Waals surface area contributed by atoms with Gasteiger partial charge in [0.1, 0.15) is 11.5 Å². The fourth-order valence-electron chi connectivity index (χ4n) is 2.23. The number of carbonyl (C=O) groups is 2. The molecule has 2 N–H and O–H groups in total. The van der Waals surface area contributed by atoms with Crippen LogP contribution in [0.3, 0.4) is 0 Å². The van der Waals surface area contributed by atoms with Crippen LogP contribution in [0.5, 0.6) is 11.5 Å². The number of hydrogen-bond donors (Lipinski definition) is 2. The molecule has 24 heavy (non-hydrogen) atoms. The third-order valence-corrected chi connectivity index (χ3v) is 4.74. The number of imide groups is 1. The Hall–Kier alpha value is -2.44. The summed E-state index contributed by atoms with van der Waals surface area (Å²) in [4.78, 5) is 25.9. The van der Waals surface area contributed by atoms with Gasteiger partial charge in [-0.2, -0.15) is 0 Å². The Morgan fingerprint density at radius 1 is 1.12 bits per heavy atom. The van der Waals surface area contributed by atoms with Crippen molar-refractivity contribution < 1.29 is 19.8 Å². The van der Waals surface area contributed by atoms with E-state index >= 15 is 0 Å². The van der Waals surface area contributed by atoms with Crippen molar-refractivity contribution in [2.24, 2.45) is 0 Å². The quantitative estimate of drug-likeness (QED) is 0.808. The topological polar surface area (TPSA) is 77.8 Å². The number of phenolic OH excluding ortho intramolecular Hbond substituents is 2. The molecule has 0 saturated carbocycles. The predicted molar refractivity (Wildman–Crippen MR) is 92.7 cm³/mol.